The van der Waals surface area contributed by atoms with Gasteiger partial charge >= 0.3 is 13.3 Å². The Morgan fingerprint density at radius 3 is 1.95 bits per heavy atom. The number of rotatable bonds is 16. The average Bonchev–Trinajstić information content (AvgIpc) is 3.51. The van der Waals surface area contributed by atoms with Crippen molar-refractivity contribution in [3.63, 3.8) is 0 Å². The first-order chi connectivity index (χ1) is 27.0. The minimum Gasteiger partial charge on any atom is -0.497 e. The summed E-state index contributed by atoms with van der Waals surface area (Å²) in [6, 6.07) is 33.2. The summed E-state index contributed by atoms with van der Waals surface area (Å²) in [5, 5.41) is 11.9. The van der Waals surface area contributed by atoms with Gasteiger partial charge in [-0.25, -0.2) is 4.79 Å². The van der Waals surface area contributed by atoms with Crippen molar-refractivity contribution in [3.05, 3.63) is 154 Å². The molecule has 294 valence electrons. The number of methoxy groups -OCH3 is 2. The number of ether oxygens (including phenoxy) is 5. The summed E-state index contributed by atoms with van der Waals surface area (Å²) < 4.78 is 44.5. The van der Waals surface area contributed by atoms with Crippen molar-refractivity contribution in [3.8, 4) is 11.5 Å². The highest BCUT2D eigenvalue weighted by atomic mass is 31.2. The van der Waals surface area contributed by atoms with Gasteiger partial charge in [-0.05, 0) is 65.6 Å². The zero-order valence-corrected chi connectivity index (χ0v) is 32.0. The van der Waals surface area contributed by atoms with Crippen LogP contribution in [0.2, 0.25) is 0 Å². The number of nitrogens with zero attached hydrogens (tertiary/aromatic N) is 2. The molecule has 4 atom stereocenters. The van der Waals surface area contributed by atoms with E-state index in [1.54, 1.807) is 68.8 Å². The van der Waals surface area contributed by atoms with E-state index >= 15 is 0 Å². The van der Waals surface area contributed by atoms with Gasteiger partial charge in [0.05, 0.1) is 20.8 Å². The highest BCUT2D eigenvalue weighted by molar-refractivity contribution is 7.53. The summed E-state index contributed by atoms with van der Waals surface area (Å²) in [7, 11) is -2.45. The molecule has 6 rings (SSSR count). The van der Waals surface area contributed by atoms with Crippen molar-refractivity contribution >= 4 is 19.3 Å². The van der Waals surface area contributed by atoms with Gasteiger partial charge < -0.3 is 43.9 Å². The molecule has 56 heavy (non-hydrogen) atoms. The summed E-state index contributed by atoms with van der Waals surface area (Å²) in [4.78, 5) is 52.2. The number of hydrogen-bond donors (Lipinski definition) is 4. The molecule has 1 saturated heterocycles. The van der Waals surface area contributed by atoms with Crippen LogP contribution < -0.4 is 20.5 Å². The van der Waals surface area contributed by atoms with Crippen LogP contribution in [-0.4, -0.2) is 75.3 Å². The molecule has 15 heteroatoms. The molecule has 4 N–H and O–H groups in total. The molecule has 1 aliphatic rings. The van der Waals surface area contributed by atoms with E-state index in [-0.39, 0.29) is 12.4 Å². The fourth-order valence-corrected chi connectivity index (χ4v) is 7.79. The number of carbonyl (C=O) groups is 1. The molecule has 1 fully saturated rings. The van der Waals surface area contributed by atoms with Crippen LogP contribution in [0.3, 0.4) is 0 Å². The molecular weight excluding hydrogens is 741 g/mol. The third-order valence-corrected chi connectivity index (χ3v) is 11.2. The van der Waals surface area contributed by atoms with Gasteiger partial charge in [0, 0.05) is 18.4 Å². The molecule has 2 unspecified atom stereocenters. The van der Waals surface area contributed by atoms with Crippen LogP contribution >= 0.6 is 7.60 Å². The van der Waals surface area contributed by atoms with E-state index in [0.717, 1.165) is 4.57 Å². The van der Waals surface area contributed by atoms with Crippen molar-refractivity contribution in [2.45, 2.75) is 49.1 Å². The van der Waals surface area contributed by atoms with Crippen LogP contribution in [0, 0.1) is 0 Å². The van der Waals surface area contributed by atoms with Gasteiger partial charge in [0.25, 0.3) is 5.91 Å². The first-order valence-electron chi connectivity index (χ1n) is 18.0. The summed E-state index contributed by atoms with van der Waals surface area (Å²) in [6.07, 6.45) is -2.71. The van der Waals surface area contributed by atoms with Crippen LogP contribution in [-0.2, 0) is 24.4 Å². The molecular formula is C41H44N3O11P. The van der Waals surface area contributed by atoms with Crippen LogP contribution in [0.15, 0.2) is 126 Å². The third-order valence-electron chi connectivity index (χ3n) is 9.72. The standard InChI is InChI=1S/C41H44N3O11P/c1-4-5-26-53-36-38(44-25-24-35(43-39(44)46)42-37(45)28-12-8-6-9-13-28)55-34(41(36,47)56(48,49)50)27-54-40(29-14-10-7-11-15-29,30-16-20-32(51-2)21-17-30)31-18-22-33(52-3)23-19-31/h6-25,34,36,38,47H,4-5,26-27H2,1-3H3,(H2,48,49,50)(H,42,43,45,46)/t34-,36?,38-,41?/m1/s1. The van der Waals surface area contributed by atoms with Gasteiger partial charge in [-0.15, -0.1) is 0 Å². The number of amides is 1. The molecule has 1 aliphatic heterocycles. The molecule has 5 aromatic rings. The second-order valence-corrected chi connectivity index (χ2v) is 14.9. The number of hydrogen-bond acceptors (Lipinski definition) is 10. The van der Waals surface area contributed by atoms with Crippen LogP contribution in [0.4, 0.5) is 5.82 Å². The highest BCUT2D eigenvalue weighted by Gasteiger charge is 2.67. The lowest BCUT2D eigenvalue weighted by Crippen LogP contribution is -2.51. The number of aromatic nitrogens is 2. The summed E-state index contributed by atoms with van der Waals surface area (Å²) >= 11 is 0. The summed E-state index contributed by atoms with van der Waals surface area (Å²) in [5.74, 6) is 0.593. The van der Waals surface area contributed by atoms with Gasteiger partial charge in [0.2, 0.25) is 5.34 Å². The SMILES string of the molecule is CCCCOC1[C@H](n2ccc(NC(=O)c3ccccc3)nc2=O)O[C@H](COC(c2ccccc2)(c2ccc(OC)cc2)c2ccc(OC)cc2)C1(O)P(=O)(O)O. The van der Waals surface area contributed by atoms with Crippen LogP contribution in [0.25, 0.3) is 0 Å². The van der Waals surface area contributed by atoms with Crippen molar-refractivity contribution in [1.82, 2.24) is 9.55 Å². The van der Waals surface area contributed by atoms with E-state index < -0.39 is 55.2 Å². The number of unbranched alkanes of at least 4 members (excludes halogenated alkanes) is 1. The molecule has 0 spiro atoms. The van der Waals surface area contributed by atoms with Gasteiger partial charge in [0.1, 0.15) is 35.1 Å². The first kappa shape index (κ1) is 40.5. The first-order valence-corrected chi connectivity index (χ1v) is 19.6. The predicted octanol–water partition coefficient (Wildman–Crippen LogP) is 5.47. The fraction of sp³-hybridized carbons (Fsp3) is 0.293. The Hall–Kier alpha value is -5.18. The highest BCUT2D eigenvalue weighted by Crippen LogP contribution is 2.60. The van der Waals surface area contributed by atoms with Gasteiger partial charge in [-0.2, -0.15) is 4.98 Å². The van der Waals surface area contributed by atoms with E-state index in [9.17, 15) is 29.0 Å². The minimum absolute atomic E-state index is 0.0179. The van der Waals surface area contributed by atoms with E-state index in [0.29, 0.717) is 46.6 Å². The number of anilines is 1. The molecule has 2 heterocycles. The molecule has 0 bridgehead atoms. The topological polar surface area (TPSA) is 188 Å². The maximum atomic E-state index is 13.6. The maximum Gasteiger partial charge on any atom is 0.362 e. The normalized spacial score (nSPS) is 19.7. The fourth-order valence-electron chi connectivity index (χ4n) is 6.75. The van der Waals surface area contributed by atoms with E-state index in [4.69, 9.17) is 23.7 Å². The Labute approximate surface area is 323 Å². The van der Waals surface area contributed by atoms with Gasteiger partial charge in [-0.3, -0.25) is 13.9 Å². The van der Waals surface area contributed by atoms with E-state index in [2.05, 4.69) is 10.3 Å². The number of carbonyl (C=O) groups excluding carboxylic acids is 1. The maximum absolute atomic E-state index is 13.6. The van der Waals surface area contributed by atoms with Crippen molar-refractivity contribution in [2.75, 3.05) is 32.8 Å². The lowest BCUT2D eigenvalue weighted by molar-refractivity contribution is -0.106. The quantitative estimate of drug-likeness (QED) is 0.0562. The average molecular weight is 786 g/mol. The van der Waals surface area contributed by atoms with Crippen molar-refractivity contribution in [2.24, 2.45) is 0 Å². The summed E-state index contributed by atoms with van der Waals surface area (Å²) in [6.45, 7) is 1.28. The van der Waals surface area contributed by atoms with E-state index in [1.807, 2.05) is 61.5 Å². The number of aliphatic hydroxyl groups is 1. The molecule has 1 aromatic heterocycles. The zero-order valence-electron chi connectivity index (χ0n) is 31.1. The monoisotopic (exact) mass is 785 g/mol. The molecule has 1 amide bonds. The third kappa shape index (κ3) is 8.04. The predicted molar refractivity (Wildman–Crippen MR) is 207 cm³/mol. The Morgan fingerprint density at radius 2 is 1.43 bits per heavy atom. The number of benzene rings is 4. The lowest BCUT2D eigenvalue weighted by Gasteiger charge is -2.39. The van der Waals surface area contributed by atoms with Crippen molar-refractivity contribution in [1.29, 1.82) is 0 Å². The molecule has 14 nitrogen and oxygen atoms in total. The lowest BCUT2D eigenvalue weighted by atomic mass is 9.80. The van der Waals surface area contributed by atoms with Crippen LogP contribution in [0.5, 0.6) is 11.5 Å². The molecule has 0 saturated carbocycles. The Balaban J connectivity index is 1.43. The van der Waals surface area contributed by atoms with Gasteiger partial charge in [0.15, 0.2) is 6.23 Å². The Kier molecular flexibility index (Phi) is 12.5. The van der Waals surface area contributed by atoms with E-state index in [1.165, 1.54) is 12.3 Å². The zero-order chi connectivity index (χ0) is 39.9. The minimum atomic E-state index is -5.54. The number of nitrogens with one attached hydrogen (secondary N) is 1. The Morgan fingerprint density at radius 1 is 0.875 bits per heavy atom. The molecule has 4 aromatic carbocycles. The van der Waals surface area contributed by atoms with Crippen molar-refractivity contribution < 1.29 is 47.9 Å². The van der Waals surface area contributed by atoms with Gasteiger partial charge in [-0.1, -0.05) is 86.1 Å². The smallest absolute Gasteiger partial charge is 0.362 e. The second kappa shape index (κ2) is 17.3. The molecule has 0 radical (unpaired) electrons. The Bertz CT molecular complexity index is 2130. The second-order valence-electron chi connectivity index (χ2n) is 13.1. The van der Waals surface area contributed by atoms with Crippen LogP contribution in [0.1, 0.15) is 53.0 Å². The largest absolute Gasteiger partial charge is 0.497 e. The summed E-state index contributed by atoms with van der Waals surface area (Å²) in [5.41, 5.74) is -0.162. The molecule has 0 aliphatic carbocycles.